The third kappa shape index (κ3) is 6.41. The Hall–Kier alpha value is -3.16. The predicted molar refractivity (Wildman–Crippen MR) is 96.5 cm³/mol. The van der Waals surface area contributed by atoms with Crippen LogP contribution in [0.1, 0.15) is 16.7 Å². The van der Waals surface area contributed by atoms with Gasteiger partial charge in [-0.1, -0.05) is 5.22 Å². The number of nitrogens with two attached hydrogens (primary N) is 1. The first-order valence-corrected chi connectivity index (χ1v) is 9.99. The predicted octanol–water partition coefficient (Wildman–Crippen LogP) is 4.77. The summed E-state index contributed by atoms with van der Waals surface area (Å²) in [5, 5.41) is 5.81. The lowest BCUT2D eigenvalue weighted by atomic mass is 10.1. The third-order valence-electron chi connectivity index (χ3n) is 3.77. The summed E-state index contributed by atoms with van der Waals surface area (Å²) in [6.07, 6.45) is -9.58. The van der Waals surface area contributed by atoms with Crippen LogP contribution < -0.4 is 10.5 Å². The highest BCUT2D eigenvalue weighted by Crippen LogP contribution is 2.41. The molecule has 0 radical (unpaired) electrons. The zero-order valence-corrected chi connectivity index (χ0v) is 16.4. The van der Waals surface area contributed by atoms with Crippen LogP contribution in [-0.4, -0.2) is 20.5 Å². The smallest absolute Gasteiger partial charge is 0.420 e. The lowest BCUT2D eigenvalue weighted by molar-refractivity contribution is -0.139. The lowest BCUT2D eigenvalue weighted by Crippen LogP contribution is -2.15. The molecule has 2 rings (SSSR count). The maximum Gasteiger partial charge on any atom is 0.420 e. The number of sulfone groups is 1. The molecule has 0 saturated heterocycles. The SMILES string of the molecule is CS(=O)(=O)c1ccc(Oc2cc(CC(N)=NN=N)cc(C(F)(F)F)c2)c(C(F)(F)F)c1. The fourth-order valence-corrected chi connectivity index (χ4v) is 3.12. The summed E-state index contributed by atoms with van der Waals surface area (Å²) in [5.41, 5.74) is 9.18. The van der Waals surface area contributed by atoms with E-state index in [1.54, 1.807) is 0 Å². The van der Waals surface area contributed by atoms with Crippen LogP contribution >= 0.6 is 0 Å². The molecule has 0 saturated carbocycles. The first kappa shape index (κ1) is 24.1. The van der Waals surface area contributed by atoms with Crippen molar-refractivity contribution in [1.29, 1.82) is 5.53 Å². The second kappa shape index (κ2) is 8.53. The number of nitrogens with zero attached hydrogens (tertiary/aromatic N) is 2. The van der Waals surface area contributed by atoms with Crippen LogP contribution in [0.25, 0.3) is 0 Å². The van der Waals surface area contributed by atoms with Crippen molar-refractivity contribution in [2.24, 2.45) is 16.1 Å². The van der Waals surface area contributed by atoms with Crippen molar-refractivity contribution in [3.63, 3.8) is 0 Å². The highest BCUT2D eigenvalue weighted by Gasteiger charge is 2.36. The molecule has 0 spiro atoms. The number of ether oxygens (including phenoxy) is 1. The van der Waals surface area contributed by atoms with Crippen molar-refractivity contribution in [2.75, 3.05) is 6.26 Å². The summed E-state index contributed by atoms with van der Waals surface area (Å²) >= 11 is 0. The van der Waals surface area contributed by atoms with E-state index < -0.39 is 49.7 Å². The molecular weight excluding hydrogens is 454 g/mol. The summed E-state index contributed by atoms with van der Waals surface area (Å²) in [4.78, 5) is -0.639. The van der Waals surface area contributed by atoms with E-state index in [2.05, 4.69) is 10.3 Å². The normalized spacial score (nSPS) is 13.2. The van der Waals surface area contributed by atoms with Gasteiger partial charge in [0.2, 0.25) is 0 Å². The van der Waals surface area contributed by atoms with Gasteiger partial charge in [0.25, 0.3) is 0 Å². The zero-order chi connectivity index (χ0) is 23.6. The quantitative estimate of drug-likeness (QED) is 0.209. The van der Waals surface area contributed by atoms with Crippen LogP contribution in [-0.2, 0) is 28.6 Å². The molecule has 0 aliphatic heterocycles. The molecule has 31 heavy (non-hydrogen) atoms. The number of rotatable bonds is 6. The number of halogens is 6. The van der Waals surface area contributed by atoms with Crippen molar-refractivity contribution in [1.82, 2.24) is 0 Å². The maximum atomic E-state index is 13.4. The molecule has 168 valence electrons. The van der Waals surface area contributed by atoms with Gasteiger partial charge in [0, 0.05) is 12.7 Å². The first-order chi connectivity index (χ1) is 14.1. The molecule has 3 N–H and O–H groups in total. The molecule has 0 amide bonds. The molecule has 14 heteroatoms. The Bertz CT molecular complexity index is 1130. The van der Waals surface area contributed by atoms with Gasteiger partial charge in [-0.2, -0.15) is 31.9 Å². The molecule has 0 atom stereocenters. The number of nitrogens with one attached hydrogen (secondary N) is 1. The minimum atomic E-state index is -5.05. The van der Waals surface area contributed by atoms with Gasteiger partial charge in [-0.15, -0.1) is 5.10 Å². The van der Waals surface area contributed by atoms with Crippen LogP contribution in [0.5, 0.6) is 11.5 Å². The van der Waals surface area contributed by atoms with Crippen molar-refractivity contribution >= 4 is 15.7 Å². The van der Waals surface area contributed by atoms with Crippen LogP contribution in [0.4, 0.5) is 26.3 Å². The Kier molecular flexibility index (Phi) is 6.63. The van der Waals surface area contributed by atoms with Gasteiger partial charge < -0.3 is 10.5 Å². The summed E-state index contributed by atoms with van der Waals surface area (Å²) < 4.78 is 108. The molecule has 0 bridgehead atoms. The molecule has 2 aromatic rings. The van der Waals surface area contributed by atoms with Crippen LogP contribution in [0.15, 0.2) is 51.6 Å². The van der Waals surface area contributed by atoms with Gasteiger partial charge in [-0.3, -0.25) is 0 Å². The lowest BCUT2D eigenvalue weighted by Gasteiger charge is -2.17. The second-order valence-electron chi connectivity index (χ2n) is 6.26. The van der Waals surface area contributed by atoms with Crippen molar-refractivity contribution < 1.29 is 39.5 Å². The van der Waals surface area contributed by atoms with Gasteiger partial charge in [0.15, 0.2) is 9.84 Å². The topological polar surface area (TPSA) is 118 Å². The number of hydrogen-bond acceptors (Lipinski definition) is 5. The molecule has 0 fully saturated rings. The van der Waals surface area contributed by atoms with E-state index in [1.165, 1.54) is 0 Å². The summed E-state index contributed by atoms with van der Waals surface area (Å²) in [7, 11) is -3.98. The Morgan fingerprint density at radius 3 is 2.23 bits per heavy atom. The highest BCUT2D eigenvalue weighted by molar-refractivity contribution is 7.90. The van der Waals surface area contributed by atoms with E-state index in [9.17, 15) is 34.8 Å². The van der Waals surface area contributed by atoms with Crippen LogP contribution in [0.2, 0.25) is 0 Å². The number of hydrogen-bond donors (Lipinski definition) is 2. The van der Waals surface area contributed by atoms with Crippen molar-refractivity contribution in [3.05, 3.63) is 53.1 Å². The fraction of sp³-hybridized carbons (Fsp3) is 0.235. The van der Waals surface area contributed by atoms with Crippen molar-refractivity contribution in [2.45, 2.75) is 23.7 Å². The summed E-state index contributed by atoms with van der Waals surface area (Å²) in [6, 6.07) is 4.06. The minimum absolute atomic E-state index is 0.115. The van der Waals surface area contributed by atoms with E-state index in [4.69, 9.17) is 16.0 Å². The molecule has 2 aromatic carbocycles. The Morgan fingerprint density at radius 2 is 1.71 bits per heavy atom. The van der Waals surface area contributed by atoms with E-state index >= 15 is 0 Å². The number of amidine groups is 1. The summed E-state index contributed by atoms with van der Waals surface area (Å²) in [5.74, 6) is -1.81. The average Bonchev–Trinajstić information content (AvgIpc) is 2.59. The third-order valence-corrected chi connectivity index (χ3v) is 4.88. The highest BCUT2D eigenvalue weighted by atomic mass is 32.2. The average molecular weight is 468 g/mol. The first-order valence-electron chi connectivity index (χ1n) is 8.10. The largest absolute Gasteiger partial charge is 0.457 e. The molecule has 0 unspecified atom stereocenters. The molecule has 0 aliphatic rings. The Balaban J connectivity index is 2.59. The van der Waals surface area contributed by atoms with Gasteiger partial charge in [0.05, 0.1) is 16.0 Å². The van der Waals surface area contributed by atoms with Gasteiger partial charge in [-0.05, 0) is 42.0 Å². The zero-order valence-electron chi connectivity index (χ0n) is 15.5. The van der Waals surface area contributed by atoms with E-state index in [0.29, 0.717) is 30.5 Å². The molecule has 0 aromatic heterocycles. The molecular formula is C17H14F6N4O3S. The standard InChI is InChI=1S/C17H14F6N4O3S/c1-31(28,29)12-2-3-14(13(8-12)17(21,22)23)30-11-5-9(6-15(24)26-27-25)4-10(7-11)16(18,19)20/h2-5,7-8H,6H2,1H3,(H3,24,25,26). The molecule has 7 nitrogen and oxygen atoms in total. The monoisotopic (exact) mass is 468 g/mol. The van der Waals surface area contributed by atoms with E-state index in [-0.39, 0.29) is 17.8 Å². The van der Waals surface area contributed by atoms with E-state index in [0.717, 1.165) is 12.1 Å². The van der Waals surface area contributed by atoms with E-state index in [1.807, 2.05) is 0 Å². The van der Waals surface area contributed by atoms with Crippen molar-refractivity contribution in [3.8, 4) is 11.5 Å². The number of benzene rings is 2. The Labute approximate surface area is 171 Å². The fourth-order valence-electron chi connectivity index (χ4n) is 2.47. The molecule has 0 aliphatic carbocycles. The second-order valence-corrected chi connectivity index (χ2v) is 8.28. The van der Waals surface area contributed by atoms with Gasteiger partial charge in [0.1, 0.15) is 17.3 Å². The van der Waals surface area contributed by atoms with Gasteiger partial charge >= 0.3 is 12.4 Å². The van der Waals surface area contributed by atoms with Gasteiger partial charge in [-0.25, -0.2) is 8.42 Å². The summed E-state index contributed by atoms with van der Waals surface area (Å²) in [6.45, 7) is 0. The molecule has 0 heterocycles. The van der Waals surface area contributed by atoms with Crippen LogP contribution in [0.3, 0.4) is 0 Å². The Morgan fingerprint density at radius 1 is 1.06 bits per heavy atom. The van der Waals surface area contributed by atoms with Crippen LogP contribution in [0, 0.1) is 5.53 Å². The maximum absolute atomic E-state index is 13.4. The number of alkyl halides is 6. The minimum Gasteiger partial charge on any atom is -0.457 e.